The highest BCUT2D eigenvalue weighted by Gasteiger charge is 2.73. The van der Waals surface area contributed by atoms with Crippen molar-refractivity contribution in [3.8, 4) is 0 Å². The molecular weight excluding hydrogens is 224 g/mol. The third kappa shape index (κ3) is 2.12. The summed E-state index contributed by atoms with van der Waals surface area (Å²) in [5.41, 5.74) is 0.108. The van der Waals surface area contributed by atoms with E-state index in [4.69, 9.17) is 9.78 Å². The van der Waals surface area contributed by atoms with Gasteiger partial charge in [0.1, 0.15) is 0 Å². The molecule has 0 aromatic carbocycles. The van der Waals surface area contributed by atoms with E-state index in [1.807, 2.05) is 0 Å². The van der Waals surface area contributed by atoms with Crippen molar-refractivity contribution < 1.29 is 9.78 Å². The standard InChI is InChI=1S/C16H32O2/c1-10-11-12(2)15(9,13(3,4)5)16(17-18-16)14(6,7)8/h12H,10-11H2,1-9H3. The predicted octanol–water partition coefficient (Wildman–Crippen LogP) is 5.18. The third-order valence-corrected chi connectivity index (χ3v) is 5.19. The van der Waals surface area contributed by atoms with E-state index in [2.05, 4.69) is 62.3 Å². The smallest absolute Gasteiger partial charge is 0.194 e. The van der Waals surface area contributed by atoms with E-state index in [-0.39, 0.29) is 16.2 Å². The van der Waals surface area contributed by atoms with Gasteiger partial charge in [0.15, 0.2) is 0 Å². The molecule has 108 valence electrons. The molecule has 0 bridgehead atoms. The second kappa shape index (κ2) is 4.49. The van der Waals surface area contributed by atoms with Crippen LogP contribution in [0.2, 0.25) is 0 Å². The van der Waals surface area contributed by atoms with Crippen molar-refractivity contribution in [2.45, 2.75) is 80.9 Å². The highest BCUT2D eigenvalue weighted by Crippen LogP contribution is 2.66. The Balaban J connectivity index is 3.23. The van der Waals surface area contributed by atoms with Crippen LogP contribution in [0.4, 0.5) is 0 Å². The van der Waals surface area contributed by atoms with Crippen LogP contribution in [-0.4, -0.2) is 5.79 Å². The average molecular weight is 256 g/mol. The Kier molecular flexibility index (Phi) is 3.98. The van der Waals surface area contributed by atoms with E-state index < -0.39 is 5.79 Å². The van der Waals surface area contributed by atoms with Crippen LogP contribution in [0.3, 0.4) is 0 Å². The first-order valence-electron chi connectivity index (χ1n) is 7.31. The first-order valence-corrected chi connectivity index (χ1v) is 7.31. The van der Waals surface area contributed by atoms with Crippen LogP contribution < -0.4 is 0 Å². The molecule has 2 atom stereocenters. The summed E-state index contributed by atoms with van der Waals surface area (Å²) in [6, 6.07) is 0. The molecule has 0 amide bonds. The van der Waals surface area contributed by atoms with E-state index >= 15 is 0 Å². The lowest BCUT2D eigenvalue weighted by atomic mass is 9.52. The second-order valence-corrected chi connectivity index (χ2v) is 8.18. The summed E-state index contributed by atoms with van der Waals surface area (Å²) in [6.45, 7) is 20.5. The van der Waals surface area contributed by atoms with Crippen molar-refractivity contribution in [1.29, 1.82) is 0 Å². The van der Waals surface area contributed by atoms with Crippen molar-refractivity contribution in [3.63, 3.8) is 0 Å². The Morgan fingerprint density at radius 3 is 1.61 bits per heavy atom. The number of hydrogen-bond acceptors (Lipinski definition) is 2. The van der Waals surface area contributed by atoms with Crippen LogP contribution >= 0.6 is 0 Å². The van der Waals surface area contributed by atoms with E-state index in [0.717, 1.165) is 0 Å². The Labute approximate surface area is 113 Å². The molecule has 2 heteroatoms. The van der Waals surface area contributed by atoms with Crippen molar-refractivity contribution in [3.05, 3.63) is 0 Å². The van der Waals surface area contributed by atoms with E-state index in [0.29, 0.717) is 5.92 Å². The molecule has 0 spiro atoms. The fourth-order valence-electron chi connectivity index (χ4n) is 3.52. The lowest BCUT2D eigenvalue weighted by Crippen LogP contribution is -2.55. The molecule has 18 heavy (non-hydrogen) atoms. The maximum atomic E-state index is 5.62. The van der Waals surface area contributed by atoms with Gasteiger partial charge in [0.2, 0.25) is 5.79 Å². The van der Waals surface area contributed by atoms with Gasteiger partial charge in [-0.1, -0.05) is 75.2 Å². The minimum absolute atomic E-state index is 0.00569. The molecule has 0 aliphatic carbocycles. The van der Waals surface area contributed by atoms with E-state index in [9.17, 15) is 0 Å². The van der Waals surface area contributed by atoms with Gasteiger partial charge in [-0.3, -0.25) is 0 Å². The maximum Gasteiger partial charge on any atom is 0.244 e. The summed E-state index contributed by atoms with van der Waals surface area (Å²) < 4.78 is 0. The zero-order valence-corrected chi connectivity index (χ0v) is 13.8. The van der Waals surface area contributed by atoms with Crippen LogP contribution in [-0.2, 0) is 9.78 Å². The highest BCUT2D eigenvalue weighted by atomic mass is 17.4. The molecule has 2 nitrogen and oxygen atoms in total. The molecule has 0 aromatic heterocycles. The lowest BCUT2D eigenvalue weighted by molar-refractivity contribution is -0.101. The first-order chi connectivity index (χ1) is 7.94. The van der Waals surface area contributed by atoms with Crippen LogP contribution in [0.1, 0.15) is 75.2 Å². The van der Waals surface area contributed by atoms with Crippen molar-refractivity contribution in [1.82, 2.24) is 0 Å². The van der Waals surface area contributed by atoms with Gasteiger partial charge in [-0.05, 0) is 11.3 Å². The molecule has 0 saturated carbocycles. The molecule has 2 unspecified atom stereocenters. The molecular formula is C16H32O2. The van der Waals surface area contributed by atoms with Gasteiger partial charge in [0.05, 0.1) is 0 Å². The Bertz CT molecular complexity index is 291. The molecule has 1 fully saturated rings. The second-order valence-electron chi connectivity index (χ2n) is 8.18. The Morgan fingerprint density at radius 1 is 0.944 bits per heavy atom. The zero-order chi connectivity index (χ0) is 14.4. The molecule has 1 aliphatic heterocycles. The Hall–Kier alpha value is -0.0800. The molecule has 1 aliphatic rings. The highest BCUT2D eigenvalue weighted by molar-refractivity contribution is 5.08. The SMILES string of the molecule is CCCC(C)C(C)(C(C)(C)C)C1(C(C)(C)C)OO1. The molecule has 1 rings (SSSR count). The van der Waals surface area contributed by atoms with E-state index in [1.165, 1.54) is 12.8 Å². The van der Waals surface area contributed by atoms with Gasteiger partial charge in [-0.2, -0.15) is 9.78 Å². The largest absolute Gasteiger partial charge is 0.244 e. The minimum atomic E-state index is -0.452. The summed E-state index contributed by atoms with van der Waals surface area (Å²) >= 11 is 0. The van der Waals surface area contributed by atoms with Gasteiger partial charge in [-0.15, -0.1) is 0 Å². The lowest BCUT2D eigenvalue weighted by Gasteiger charge is -2.51. The normalized spacial score (nSPS) is 24.5. The Morgan fingerprint density at radius 2 is 1.39 bits per heavy atom. The zero-order valence-electron chi connectivity index (χ0n) is 13.8. The fraction of sp³-hybridized carbons (Fsp3) is 1.00. The summed E-state index contributed by atoms with van der Waals surface area (Å²) in [7, 11) is 0. The quantitative estimate of drug-likeness (QED) is 0.511. The van der Waals surface area contributed by atoms with Gasteiger partial charge < -0.3 is 0 Å². The van der Waals surface area contributed by atoms with Crippen molar-refractivity contribution >= 4 is 0 Å². The minimum Gasteiger partial charge on any atom is -0.194 e. The van der Waals surface area contributed by atoms with Crippen LogP contribution in [0.25, 0.3) is 0 Å². The summed E-state index contributed by atoms with van der Waals surface area (Å²) in [5.74, 6) is 0.108. The maximum absolute atomic E-state index is 5.62. The van der Waals surface area contributed by atoms with Crippen molar-refractivity contribution in [2.24, 2.45) is 22.2 Å². The topological polar surface area (TPSA) is 25.1 Å². The molecule has 0 aromatic rings. The average Bonchev–Trinajstić information content (AvgIpc) is 2.94. The van der Waals surface area contributed by atoms with Gasteiger partial charge in [0.25, 0.3) is 0 Å². The fourth-order valence-corrected chi connectivity index (χ4v) is 3.52. The summed E-state index contributed by atoms with van der Waals surface area (Å²) in [6.07, 6.45) is 2.41. The van der Waals surface area contributed by atoms with Crippen LogP contribution in [0, 0.1) is 22.2 Å². The van der Waals surface area contributed by atoms with E-state index in [1.54, 1.807) is 0 Å². The third-order valence-electron chi connectivity index (χ3n) is 5.19. The molecule has 0 N–H and O–H groups in total. The number of hydrogen-bond donors (Lipinski definition) is 0. The van der Waals surface area contributed by atoms with Gasteiger partial charge in [-0.25, -0.2) is 0 Å². The monoisotopic (exact) mass is 256 g/mol. The van der Waals surface area contributed by atoms with Gasteiger partial charge >= 0.3 is 0 Å². The van der Waals surface area contributed by atoms with Crippen LogP contribution in [0.5, 0.6) is 0 Å². The number of rotatable bonds is 4. The van der Waals surface area contributed by atoms with Crippen molar-refractivity contribution in [2.75, 3.05) is 0 Å². The van der Waals surface area contributed by atoms with Gasteiger partial charge in [0, 0.05) is 10.8 Å². The first kappa shape index (κ1) is 16.0. The molecule has 0 radical (unpaired) electrons. The predicted molar refractivity (Wildman–Crippen MR) is 76.0 cm³/mol. The summed E-state index contributed by atoms with van der Waals surface area (Å²) in [5, 5.41) is 0. The van der Waals surface area contributed by atoms with Crippen LogP contribution in [0.15, 0.2) is 0 Å². The molecule has 1 saturated heterocycles. The summed E-state index contributed by atoms with van der Waals surface area (Å²) in [4.78, 5) is 11.2. The molecule has 1 heterocycles.